The molecule has 0 aliphatic heterocycles. The van der Waals surface area contributed by atoms with Crippen molar-refractivity contribution in [3.63, 3.8) is 0 Å². The summed E-state index contributed by atoms with van der Waals surface area (Å²) in [6.07, 6.45) is 0. The molecule has 2 amide bonds. The summed E-state index contributed by atoms with van der Waals surface area (Å²) in [6, 6.07) is 24.3. The van der Waals surface area contributed by atoms with Crippen molar-refractivity contribution >= 4 is 23.2 Å². The zero-order chi connectivity index (χ0) is 23.0. The summed E-state index contributed by atoms with van der Waals surface area (Å²) in [5, 5.41) is 8.86. The molecule has 0 fully saturated rings. The minimum absolute atomic E-state index is 0.0596. The predicted molar refractivity (Wildman–Crippen MR) is 128 cm³/mol. The lowest BCUT2D eigenvalue weighted by Crippen LogP contribution is -2.40. The summed E-state index contributed by atoms with van der Waals surface area (Å²) in [4.78, 5) is 24.8. The second-order valence-corrected chi connectivity index (χ2v) is 8.46. The maximum atomic E-state index is 12.5. The molecule has 3 N–H and O–H groups in total. The van der Waals surface area contributed by atoms with Crippen molar-refractivity contribution in [1.29, 1.82) is 0 Å². The van der Waals surface area contributed by atoms with Crippen molar-refractivity contribution in [2.75, 3.05) is 17.2 Å². The first kappa shape index (κ1) is 22.9. The largest absolute Gasteiger partial charge is 0.487 e. The Hall–Kier alpha value is -3.80. The summed E-state index contributed by atoms with van der Waals surface area (Å²) in [5.74, 6) is 0.262. The van der Waals surface area contributed by atoms with E-state index in [9.17, 15) is 9.59 Å². The van der Waals surface area contributed by atoms with Gasteiger partial charge in [-0.25, -0.2) is 0 Å². The Morgan fingerprint density at radius 1 is 0.875 bits per heavy atom. The van der Waals surface area contributed by atoms with Crippen LogP contribution in [0.5, 0.6) is 5.75 Å². The Morgan fingerprint density at radius 3 is 2.34 bits per heavy atom. The third-order valence-electron chi connectivity index (χ3n) is 4.46. The molecule has 0 saturated carbocycles. The van der Waals surface area contributed by atoms with Crippen molar-refractivity contribution in [3.05, 3.63) is 90.0 Å². The van der Waals surface area contributed by atoms with Crippen LogP contribution in [0.4, 0.5) is 11.4 Å². The molecule has 6 heteroatoms. The molecule has 3 aromatic carbocycles. The van der Waals surface area contributed by atoms with Crippen LogP contribution in [0.3, 0.4) is 0 Å². The van der Waals surface area contributed by atoms with E-state index < -0.39 is 0 Å². The second kappa shape index (κ2) is 10.5. The average molecular weight is 432 g/mol. The molecule has 0 aromatic heterocycles. The third kappa shape index (κ3) is 7.16. The van der Waals surface area contributed by atoms with Crippen LogP contribution in [-0.4, -0.2) is 23.9 Å². The monoisotopic (exact) mass is 431 g/mol. The van der Waals surface area contributed by atoms with E-state index in [-0.39, 0.29) is 23.9 Å². The Balaban J connectivity index is 1.56. The van der Waals surface area contributed by atoms with Gasteiger partial charge in [-0.3, -0.25) is 9.59 Å². The molecule has 3 aromatic rings. The van der Waals surface area contributed by atoms with Crippen LogP contribution in [-0.2, 0) is 11.4 Å². The van der Waals surface area contributed by atoms with E-state index in [1.165, 1.54) is 0 Å². The average Bonchev–Trinajstić information content (AvgIpc) is 2.76. The van der Waals surface area contributed by atoms with E-state index in [0.717, 1.165) is 11.3 Å². The lowest BCUT2D eigenvalue weighted by Gasteiger charge is -2.20. The predicted octanol–water partition coefficient (Wildman–Crippen LogP) is 4.84. The van der Waals surface area contributed by atoms with Crippen molar-refractivity contribution in [3.8, 4) is 5.75 Å². The first-order valence-electron chi connectivity index (χ1n) is 10.5. The minimum Gasteiger partial charge on any atom is -0.487 e. The van der Waals surface area contributed by atoms with Gasteiger partial charge in [0.1, 0.15) is 12.4 Å². The van der Waals surface area contributed by atoms with Crippen LogP contribution in [0.25, 0.3) is 0 Å². The van der Waals surface area contributed by atoms with Crippen LogP contribution < -0.4 is 20.7 Å². The van der Waals surface area contributed by atoms with Crippen LogP contribution in [0.2, 0.25) is 0 Å². The van der Waals surface area contributed by atoms with E-state index in [4.69, 9.17) is 4.74 Å². The van der Waals surface area contributed by atoms with E-state index in [0.29, 0.717) is 23.6 Å². The summed E-state index contributed by atoms with van der Waals surface area (Å²) >= 11 is 0. The number of para-hydroxylation sites is 2. The highest BCUT2D eigenvalue weighted by atomic mass is 16.5. The highest BCUT2D eigenvalue weighted by Gasteiger charge is 2.15. The van der Waals surface area contributed by atoms with Crippen molar-refractivity contribution < 1.29 is 14.3 Å². The van der Waals surface area contributed by atoms with Gasteiger partial charge in [0.2, 0.25) is 5.91 Å². The zero-order valence-corrected chi connectivity index (χ0v) is 18.6. The van der Waals surface area contributed by atoms with Crippen LogP contribution in [0, 0.1) is 0 Å². The molecule has 0 bridgehead atoms. The highest BCUT2D eigenvalue weighted by Crippen LogP contribution is 2.24. The van der Waals surface area contributed by atoms with Crippen LogP contribution in [0.1, 0.15) is 36.7 Å². The molecule has 6 nitrogen and oxygen atoms in total. The maximum Gasteiger partial charge on any atom is 0.251 e. The summed E-state index contributed by atoms with van der Waals surface area (Å²) < 4.78 is 5.92. The smallest absolute Gasteiger partial charge is 0.251 e. The third-order valence-corrected chi connectivity index (χ3v) is 4.46. The van der Waals surface area contributed by atoms with Crippen LogP contribution in [0.15, 0.2) is 78.9 Å². The number of benzene rings is 3. The molecule has 3 rings (SSSR count). The van der Waals surface area contributed by atoms with E-state index in [1.807, 2.05) is 75.4 Å². The van der Waals surface area contributed by atoms with Crippen molar-refractivity contribution in [2.24, 2.45) is 0 Å². The van der Waals surface area contributed by atoms with Gasteiger partial charge in [0.25, 0.3) is 5.91 Å². The first-order valence-corrected chi connectivity index (χ1v) is 10.5. The SMILES string of the molecule is CC(C)(C)NC(=O)c1cccc(NC(=O)CNc2ccccc2OCc2ccccc2)c1. The highest BCUT2D eigenvalue weighted by molar-refractivity contribution is 5.98. The van der Waals surface area contributed by atoms with E-state index in [2.05, 4.69) is 16.0 Å². The van der Waals surface area contributed by atoms with Gasteiger partial charge >= 0.3 is 0 Å². The Bertz CT molecular complexity index is 1060. The van der Waals surface area contributed by atoms with Crippen molar-refractivity contribution in [2.45, 2.75) is 32.9 Å². The molecular formula is C26H29N3O3. The number of hydrogen-bond acceptors (Lipinski definition) is 4. The Morgan fingerprint density at radius 2 is 1.59 bits per heavy atom. The van der Waals surface area contributed by atoms with E-state index in [1.54, 1.807) is 24.3 Å². The normalized spacial score (nSPS) is 10.8. The molecule has 0 saturated heterocycles. The van der Waals surface area contributed by atoms with Gasteiger partial charge in [-0.2, -0.15) is 0 Å². The van der Waals surface area contributed by atoms with E-state index >= 15 is 0 Å². The number of hydrogen-bond donors (Lipinski definition) is 3. The molecule has 0 spiro atoms. The number of rotatable bonds is 8. The maximum absolute atomic E-state index is 12.5. The number of nitrogens with one attached hydrogen (secondary N) is 3. The number of carbonyl (C=O) groups excluding carboxylic acids is 2. The standard InChI is InChI=1S/C26H29N3O3/c1-26(2,3)29-25(31)20-12-9-13-21(16-20)28-24(30)17-27-22-14-7-8-15-23(22)32-18-19-10-5-4-6-11-19/h4-16,27H,17-18H2,1-3H3,(H,28,30)(H,29,31). The van der Waals surface area contributed by atoms with Gasteiger partial charge in [-0.15, -0.1) is 0 Å². The Labute approximate surface area is 189 Å². The molecule has 166 valence electrons. The fourth-order valence-corrected chi connectivity index (χ4v) is 3.01. The molecule has 0 unspecified atom stereocenters. The summed E-state index contributed by atoms with van der Waals surface area (Å²) in [6.45, 7) is 6.26. The van der Waals surface area contributed by atoms with Gasteiger partial charge < -0.3 is 20.7 Å². The molecule has 0 heterocycles. The number of anilines is 2. The fraction of sp³-hybridized carbons (Fsp3) is 0.231. The number of ether oxygens (including phenoxy) is 1. The molecule has 32 heavy (non-hydrogen) atoms. The Kier molecular flexibility index (Phi) is 7.49. The van der Waals surface area contributed by atoms with Crippen molar-refractivity contribution in [1.82, 2.24) is 5.32 Å². The van der Waals surface area contributed by atoms with Gasteiger partial charge in [-0.1, -0.05) is 48.5 Å². The molecule has 0 atom stereocenters. The fourth-order valence-electron chi connectivity index (χ4n) is 3.01. The van der Waals surface area contributed by atoms with Crippen LogP contribution >= 0.6 is 0 Å². The molecule has 0 radical (unpaired) electrons. The van der Waals surface area contributed by atoms with Gasteiger partial charge in [0.05, 0.1) is 12.2 Å². The number of amides is 2. The van der Waals surface area contributed by atoms with Gasteiger partial charge in [0, 0.05) is 16.8 Å². The topological polar surface area (TPSA) is 79.5 Å². The second-order valence-electron chi connectivity index (χ2n) is 8.46. The molecular weight excluding hydrogens is 402 g/mol. The minimum atomic E-state index is -0.337. The molecule has 0 aliphatic carbocycles. The van der Waals surface area contributed by atoms with Gasteiger partial charge in [-0.05, 0) is 56.7 Å². The first-order chi connectivity index (χ1) is 15.3. The summed E-state index contributed by atoms with van der Waals surface area (Å²) in [5.41, 5.74) is 2.51. The zero-order valence-electron chi connectivity index (χ0n) is 18.6. The van der Waals surface area contributed by atoms with Gasteiger partial charge in [0.15, 0.2) is 0 Å². The molecule has 0 aliphatic rings. The number of carbonyl (C=O) groups is 2. The quantitative estimate of drug-likeness (QED) is 0.477. The summed E-state index contributed by atoms with van der Waals surface area (Å²) in [7, 11) is 0. The lowest BCUT2D eigenvalue weighted by molar-refractivity contribution is -0.114. The lowest BCUT2D eigenvalue weighted by atomic mass is 10.1.